The lowest BCUT2D eigenvalue weighted by atomic mass is 10.1. The molecule has 1 aliphatic rings. The van der Waals surface area contributed by atoms with Crippen molar-refractivity contribution >= 4 is 29.3 Å². The molecule has 1 aromatic carbocycles. The molecule has 2 atom stereocenters. The van der Waals surface area contributed by atoms with Crippen molar-refractivity contribution in [2.75, 3.05) is 6.26 Å². The first-order chi connectivity index (χ1) is 8.61. The maximum absolute atomic E-state index is 12.1. The molecule has 2 unspecified atom stereocenters. The molecule has 0 saturated heterocycles. The second kappa shape index (κ2) is 5.85. The number of phenolic OH excluding ortho intramolecular Hbond substituents is 1. The SMILES string of the molecule is CSC1CCCC1NC(=O)c1cc(O)ccc1Cl. The van der Waals surface area contributed by atoms with Crippen LogP contribution in [-0.4, -0.2) is 28.6 Å². The maximum atomic E-state index is 12.1. The first-order valence-corrected chi connectivity index (χ1v) is 7.60. The number of rotatable bonds is 3. The van der Waals surface area contributed by atoms with Gasteiger partial charge in [-0.05, 0) is 37.3 Å². The number of benzene rings is 1. The number of carbonyl (C=O) groups is 1. The Kier molecular flexibility index (Phi) is 4.40. The van der Waals surface area contributed by atoms with E-state index in [-0.39, 0.29) is 17.7 Å². The van der Waals surface area contributed by atoms with Crippen molar-refractivity contribution in [2.24, 2.45) is 0 Å². The first-order valence-electron chi connectivity index (χ1n) is 5.94. The van der Waals surface area contributed by atoms with Gasteiger partial charge in [0.05, 0.1) is 10.6 Å². The molecule has 0 bridgehead atoms. The van der Waals surface area contributed by atoms with Gasteiger partial charge in [-0.15, -0.1) is 0 Å². The van der Waals surface area contributed by atoms with Crippen LogP contribution >= 0.6 is 23.4 Å². The second-order valence-electron chi connectivity index (χ2n) is 4.45. The number of phenols is 1. The smallest absolute Gasteiger partial charge is 0.253 e. The summed E-state index contributed by atoms with van der Waals surface area (Å²) in [5, 5.41) is 13.3. The number of hydrogen-bond acceptors (Lipinski definition) is 3. The molecule has 0 aromatic heterocycles. The molecule has 98 valence electrons. The highest BCUT2D eigenvalue weighted by Crippen LogP contribution is 2.29. The fraction of sp³-hybridized carbons (Fsp3) is 0.462. The molecule has 2 N–H and O–H groups in total. The summed E-state index contributed by atoms with van der Waals surface area (Å²) in [6.45, 7) is 0. The molecule has 0 radical (unpaired) electrons. The Balaban J connectivity index is 2.09. The van der Waals surface area contributed by atoms with E-state index < -0.39 is 0 Å². The lowest BCUT2D eigenvalue weighted by molar-refractivity contribution is 0.0938. The van der Waals surface area contributed by atoms with Crippen molar-refractivity contribution in [2.45, 2.75) is 30.6 Å². The molecule has 1 aromatic rings. The Morgan fingerprint density at radius 2 is 2.28 bits per heavy atom. The topological polar surface area (TPSA) is 49.3 Å². The van der Waals surface area contributed by atoms with E-state index in [4.69, 9.17) is 11.6 Å². The molecular weight excluding hydrogens is 270 g/mol. The summed E-state index contributed by atoms with van der Waals surface area (Å²) in [5.41, 5.74) is 0.336. The van der Waals surface area contributed by atoms with Crippen molar-refractivity contribution in [3.05, 3.63) is 28.8 Å². The molecule has 1 saturated carbocycles. The second-order valence-corrected chi connectivity index (χ2v) is 5.93. The number of aromatic hydroxyl groups is 1. The maximum Gasteiger partial charge on any atom is 0.253 e. The monoisotopic (exact) mass is 285 g/mol. The van der Waals surface area contributed by atoms with Crippen molar-refractivity contribution < 1.29 is 9.90 Å². The molecule has 3 nitrogen and oxygen atoms in total. The van der Waals surface area contributed by atoms with Crippen LogP contribution in [0.1, 0.15) is 29.6 Å². The van der Waals surface area contributed by atoms with Crippen molar-refractivity contribution in [3.63, 3.8) is 0 Å². The van der Waals surface area contributed by atoms with Gasteiger partial charge in [0.1, 0.15) is 5.75 Å². The number of carbonyl (C=O) groups excluding carboxylic acids is 1. The minimum absolute atomic E-state index is 0.0531. The van der Waals surface area contributed by atoms with Crippen LogP contribution in [0.4, 0.5) is 0 Å². The zero-order valence-corrected chi connectivity index (χ0v) is 11.7. The summed E-state index contributed by atoms with van der Waals surface area (Å²) in [5.74, 6) is -0.153. The average Bonchev–Trinajstić information content (AvgIpc) is 2.79. The molecule has 0 spiro atoms. The number of thioether (sulfide) groups is 1. The van der Waals surface area contributed by atoms with Gasteiger partial charge in [0, 0.05) is 11.3 Å². The van der Waals surface area contributed by atoms with E-state index in [1.54, 1.807) is 11.8 Å². The zero-order chi connectivity index (χ0) is 13.1. The number of amides is 1. The normalized spacial score (nSPS) is 23.0. The predicted octanol–water partition coefficient (Wildman–Crippen LogP) is 3.06. The lowest BCUT2D eigenvalue weighted by Crippen LogP contribution is -2.38. The van der Waals surface area contributed by atoms with Crippen LogP contribution in [0.2, 0.25) is 5.02 Å². The lowest BCUT2D eigenvalue weighted by Gasteiger charge is -2.19. The van der Waals surface area contributed by atoms with E-state index in [1.165, 1.54) is 18.2 Å². The third-order valence-corrected chi connectivity index (χ3v) is 4.77. The van der Waals surface area contributed by atoms with Crippen LogP contribution < -0.4 is 5.32 Å². The van der Waals surface area contributed by atoms with Gasteiger partial charge >= 0.3 is 0 Å². The van der Waals surface area contributed by atoms with E-state index >= 15 is 0 Å². The van der Waals surface area contributed by atoms with E-state index in [0.29, 0.717) is 15.8 Å². The predicted molar refractivity (Wildman–Crippen MR) is 75.5 cm³/mol. The molecular formula is C13H16ClNO2S. The summed E-state index contributed by atoms with van der Waals surface area (Å²) < 4.78 is 0. The minimum Gasteiger partial charge on any atom is -0.508 e. The molecule has 1 fully saturated rings. The number of halogens is 1. The fourth-order valence-electron chi connectivity index (χ4n) is 2.31. The number of nitrogens with one attached hydrogen (secondary N) is 1. The van der Waals surface area contributed by atoms with Crippen molar-refractivity contribution in [1.82, 2.24) is 5.32 Å². The van der Waals surface area contributed by atoms with Gasteiger partial charge < -0.3 is 10.4 Å². The summed E-state index contributed by atoms with van der Waals surface area (Å²) >= 11 is 7.76. The Morgan fingerprint density at radius 3 is 3.00 bits per heavy atom. The van der Waals surface area contributed by atoms with Gasteiger partial charge in [-0.25, -0.2) is 0 Å². The standard InChI is InChI=1S/C13H16ClNO2S/c1-18-12-4-2-3-11(12)15-13(17)9-7-8(16)5-6-10(9)14/h5-7,11-12,16H,2-4H2,1H3,(H,15,17). The highest BCUT2D eigenvalue weighted by molar-refractivity contribution is 7.99. The largest absolute Gasteiger partial charge is 0.508 e. The number of hydrogen-bond donors (Lipinski definition) is 2. The summed E-state index contributed by atoms with van der Waals surface area (Å²) in [6, 6.07) is 4.61. The van der Waals surface area contributed by atoms with E-state index in [0.717, 1.165) is 19.3 Å². The van der Waals surface area contributed by atoms with Crippen molar-refractivity contribution in [1.29, 1.82) is 0 Å². The van der Waals surface area contributed by atoms with Crippen LogP contribution in [0.5, 0.6) is 5.75 Å². The van der Waals surface area contributed by atoms with Gasteiger partial charge in [0.2, 0.25) is 0 Å². The Hall–Kier alpha value is -0.870. The van der Waals surface area contributed by atoms with Gasteiger partial charge in [-0.3, -0.25) is 4.79 Å². The third kappa shape index (κ3) is 2.93. The van der Waals surface area contributed by atoms with Crippen LogP contribution in [0.25, 0.3) is 0 Å². The molecule has 1 amide bonds. The van der Waals surface area contributed by atoms with E-state index in [9.17, 15) is 9.90 Å². The zero-order valence-electron chi connectivity index (χ0n) is 10.1. The summed E-state index contributed by atoms with van der Waals surface area (Å²) in [6.07, 6.45) is 5.36. The Bertz CT molecular complexity index is 453. The summed E-state index contributed by atoms with van der Waals surface area (Å²) in [4.78, 5) is 12.1. The van der Waals surface area contributed by atoms with Crippen molar-refractivity contribution in [3.8, 4) is 5.75 Å². The molecule has 18 heavy (non-hydrogen) atoms. The third-order valence-electron chi connectivity index (χ3n) is 3.27. The fourth-order valence-corrected chi connectivity index (χ4v) is 3.45. The quantitative estimate of drug-likeness (QED) is 0.897. The highest BCUT2D eigenvalue weighted by Gasteiger charge is 2.28. The molecule has 5 heteroatoms. The molecule has 0 heterocycles. The van der Waals surface area contributed by atoms with Gasteiger partial charge in [-0.1, -0.05) is 18.0 Å². The Morgan fingerprint density at radius 1 is 1.50 bits per heavy atom. The highest BCUT2D eigenvalue weighted by atomic mass is 35.5. The van der Waals surface area contributed by atoms with E-state index in [1.807, 2.05) is 0 Å². The van der Waals surface area contributed by atoms with Crippen LogP contribution in [-0.2, 0) is 0 Å². The van der Waals surface area contributed by atoms with Crippen LogP contribution in [0.3, 0.4) is 0 Å². The van der Waals surface area contributed by atoms with Gasteiger partial charge in [0.15, 0.2) is 0 Å². The molecule has 2 rings (SSSR count). The van der Waals surface area contributed by atoms with Crippen LogP contribution in [0, 0.1) is 0 Å². The first kappa shape index (κ1) is 13.6. The van der Waals surface area contributed by atoms with E-state index in [2.05, 4.69) is 11.6 Å². The average molecular weight is 286 g/mol. The summed E-state index contributed by atoms with van der Waals surface area (Å²) in [7, 11) is 0. The molecule has 0 aliphatic heterocycles. The Labute approximate surface area is 116 Å². The minimum atomic E-state index is -0.207. The van der Waals surface area contributed by atoms with Gasteiger partial charge in [0.25, 0.3) is 5.91 Å². The molecule has 1 aliphatic carbocycles. The van der Waals surface area contributed by atoms with Gasteiger partial charge in [-0.2, -0.15) is 11.8 Å². The van der Waals surface area contributed by atoms with Crippen LogP contribution in [0.15, 0.2) is 18.2 Å².